The van der Waals surface area contributed by atoms with E-state index in [1.54, 1.807) is 0 Å². The van der Waals surface area contributed by atoms with Crippen LogP contribution >= 0.6 is 0 Å². The Balaban J connectivity index is 0.00000612. The van der Waals surface area contributed by atoms with Gasteiger partial charge in [-0.25, -0.2) is 9.13 Å². The van der Waals surface area contributed by atoms with E-state index in [4.69, 9.17) is 0 Å². The highest BCUT2D eigenvalue weighted by Gasteiger charge is 2.06. The Morgan fingerprint density at radius 1 is 0.389 bits per heavy atom. The first kappa shape index (κ1) is 35.3. The van der Waals surface area contributed by atoms with Gasteiger partial charge in [-0.3, -0.25) is 0 Å². The lowest BCUT2D eigenvalue weighted by molar-refractivity contribution is -0.697. The van der Waals surface area contributed by atoms with Gasteiger partial charge in [-0.1, -0.05) is 104 Å². The lowest BCUT2D eigenvalue weighted by Gasteiger charge is -2.03. The van der Waals surface area contributed by atoms with Crippen molar-refractivity contribution in [1.29, 1.82) is 0 Å². The van der Waals surface area contributed by atoms with Gasteiger partial charge < -0.3 is 34.0 Å². The van der Waals surface area contributed by atoms with Crippen LogP contribution in [0.25, 0.3) is 11.1 Å². The summed E-state index contributed by atoms with van der Waals surface area (Å²) >= 11 is 0. The Morgan fingerprint density at radius 2 is 0.639 bits per heavy atom. The fraction of sp³-hybridized carbons (Fsp3) is 0.688. The summed E-state index contributed by atoms with van der Waals surface area (Å²) < 4.78 is 4.69. The Morgan fingerprint density at radius 3 is 0.917 bits per heavy atom. The van der Waals surface area contributed by atoms with Gasteiger partial charge in [0.1, 0.15) is 13.1 Å². The van der Waals surface area contributed by atoms with Crippen LogP contribution in [0, 0.1) is 0 Å². The van der Waals surface area contributed by atoms with E-state index < -0.39 is 0 Å². The lowest BCUT2D eigenvalue weighted by Crippen LogP contribution is -3.00. The minimum absolute atomic E-state index is 0. The number of aryl methyl sites for hydroxylation is 2. The minimum atomic E-state index is 0. The van der Waals surface area contributed by atoms with Crippen molar-refractivity contribution in [1.82, 2.24) is 0 Å². The Labute approximate surface area is 244 Å². The summed E-state index contributed by atoms with van der Waals surface area (Å²) in [6.45, 7) is 6.87. The predicted molar refractivity (Wildman–Crippen MR) is 147 cm³/mol. The molecular formula is C32H54Br2N2. The van der Waals surface area contributed by atoms with Crippen LogP contribution in [0.15, 0.2) is 49.1 Å². The molecule has 2 rings (SSSR count). The molecule has 0 saturated heterocycles. The molecule has 2 heterocycles. The van der Waals surface area contributed by atoms with E-state index in [1.807, 2.05) is 0 Å². The molecule has 0 bridgehead atoms. The van der Waals surface area contributed by atoms with E-state index in [0.717, 1.165) is 13.1 Å². The molecule has 206 valence electrons. The first-order chi connectivity index (χ1) is 16.8. The van der Waals surface area contributed by atoms with E-state index in [0.29, 0.717) is 0 Å². The Hall–Kier alpha value is -0.740. The summed E-state index contributed by atoms with van der Waals surface area (Å²) in [4.78, 5) is 0. The fourth-order valence-corrected chi connectivity index (χ4v) is 4.81. The molecule has 0 N–H and O–H groups in total. The zero-order valence-electron chi connectivity index (χ0n) is 23.4. The number of pyridine rings is 2. The summed E-state index contributed by atoms with van der Waals surface area (Å²) in [5.41, 5.74) is 2.64. The molecule has 0 fully saturated rings. The maximum Gasteiger partial charge on any atom is 0.169 e. The molecule has 0 aliphatic carbocycles. The molecule has 0 radical (unpaired) electrons. The van der Waals surface area contributed by atoms with Crippen molar-refractivity contribution in [3.63, 3.8) is 0 Å². The molecule has 2 aromatic rings. The highest BCUT2D eigenvalue weighted by atomic mass is 79.9. The first-order valence-corrected chi connectivity index (χ1v) is 14.8. The number of rotatable bonds is 21. The Bertz CT molecular complexity index is 716. The van der Waals surface area contributed by atoms with Gasteiger partial charge in [-0.15, -0.1) is 0 Å². The summed E-state index contributed by atoms with van der Waals surface area (Å²) in [6.07, 6.45) is 34.1. The van der Waals surface area contributed by atoms with Gasteiger partial charge in [0.05, 0.1) is 0 Å². The second kappa shape index (κ2) is 24.6. The van der Waals surface area contributed by atoms with Crippen molar-refractivity contribution in [3.8, 4) is 11.1 Å². The average Bonchev–Trinajstić information content (AvgIpc) is 2.87. The highest BCUT2D eigenvalue weighted by molar-refractivity contribution is 5.60. The standard InChI is InChI=1S/C32H54N2.2BrH/c1-3-5-7-9-11-13-14-16-18-20-26-34-29-23-32(24-30-34)31-21-27-33(28-22-31)25-19-17-15-12-10-8-6-4-2;;/h21-24,27-30H,3-20,25-26H2,1-2H3;2*1H/q+2;;/p-2. The van der Waals surface area contributed by atoms with E-state index in [-0.39, 0.29) is 34.0 Å². The molecule has 0 aliphatic heterocycles. The highest BCUT2D eigenvalue weighted by Crippen LogP contribution is 2.16. The van der Waals surface area contributed by atoms with Crippen LogP contribution in [-0.4, -0.2) is 0 Å². The van der Waals surface area contributed by atoms with Gasteiger partial charge in [0.25, 0.3) is 0 Å². The predicted octanol–water partition coefficient (Wildman–Crippen LogP) is 3.00. The van der Waals surface area contributed by atoms with E-state index in [2.05, 4.69) is 72.0 Å². The smallest absolute Gasteiger partial charge is 0.169 e. The lowest BCUT2D eigenvalue weighted by atomic mass is 10.1. The number of halogens is 2. The van der Waals surface area contributed by atoms with Gasteiger partial charge >= 0.3 is 0 Å². The summed E-state index contributed by atoms with van der Waals surface area (Å²) in [7, 11) is 0. The SMILES string of the molecule is CCCCCCCCCCCC[n+]1ccc(-c2cc[n+](CCCCCCCCCC)cc2)cc1.[Br-].[Br-]. The third-order valence-electron chi connectivity index (χ3n) is 7.16. The van der Waals surface area contributed by atoms with Gasteiger partial charge in [-0.05, 0) is 24.0 Å². The van der Waals surface area contributed by atoms with Crippen molar-refractivity contribution in [2.45, 2.75) is 143 Å². The van der Waals surface area contributed by atoms with Crippen LogP contribution in [0.5, 0.6) is 0 Å². The van der Waals surface area contributed by atoms with Gasteiger partial charge in [0.15, 0.2) is 24.8 Å². The maximum atomic E-state index is 2.35. The summed E-state index contributed by atoms with van der Waals surface area (Å²) in [5.74, 6) is 0. The van der Waals surface area contributed by atoms with Crippen LogP contribution in [0.3, 0.4) is 0 Å². The van der Waals surface area contributed by atoms with Crippen LogP contribution in [-0.2, 0) is 13.1 Å². The zero-order chi connectivity index (χ0) is 24.1. The molecule has 36 heavy (non-hydrogen) atoms. The first-order valence-electron chi connectivity index (χ1n) is 14.8. The monoisotopic (exact) mass is 624 g/mol. The molecule has 4 heteroatoms. The van der Waals surface area contributed by atoms with Crippen molar-refractivity contribution in [3.05, 3.63) is 49.1 Å². The quantitative estimate of drug-likeness (QED) is 0.149. The third-order valence-corrected chi connectivity index (χ3v) is 7.16. The number of hydrogen-bond donors (Lipinski definition) is 0. The normalized spacial score (nSPS) is 10.6. The average molecular weight is 627 g/mol. The number of hydrogen-bond acceptors (Lipinski definition) is 0. The van der Waals surface area contributed by atoms with Crippen molar-refractivity contribution in [2.75, 3.05) is 0 Å². The number of nitrogens with zero attached hydrogens (tertiary/aromatic N) is 2. The van der Waals surface area contributed by atoms with Gasteiger partial charge in [0, 0.05) is 37.1 Å². The zero-order valence-corrected chi connectivity index (χ0v) is 26.6. The van der Waals surface area contributed by atoms with Crippen molar-refractivity contribution in [2.24, 2.45) is 0 Å². The summed E-state index contributed by atoms with van der Waals surface area (Å²) in [6, 6.07) is 9.09. The molecule has 2 aromatic heterocycles. The number of unbranched alkanes of at least 4 members (excludes halogenated alkanes) is 16. The molecule has 0 aromatic carbocycles. The molecule has 0 unspecified atom stereocenters. The van der Waals surface area contributed by atoms with Crippen LogP contribution in [0.2, 0.25) is 0 Å². The largest absolute Gasteiger partial charge is 1.00 e. The van der Waals surface area contributed by atoms with E-state index in [1.165, 1.54) is 127 Å². The van der Waals surface area contributed by atoms with Crippen molar-refractivity contribution < 1.29 is 43.1 Å². The van der Waals surface area contributed by atoms with Gasteiger partial charge in [0.2, 0.25) is 0 Å². The molecular weight excluding hydrogens is 572 g/mol. The van der Waals surface area contributed by atoms with Crippen LogP contribution in [0.4, 0.5) is 0 Å². The Kier molecular flexibility index (Phi) is 24.1. The second-order valence-electron chi connectivity index (χ2n) is 10.3. The third kappa shape index (κ3) is 16.9. The maximum absolute atomic E-state index is 2.35. The van der Waals surface area contributed by atoms with Crippen molar-refractivity contribution >= 4 is 0 Å². The molecule has 0 spiro atoms. The molecule has 0 atom stereocenters. The minimum Gasteiger partial charge on any atom is -1.00 e. The molecule has 2 nitrogen and oxygen atoms in total. The van der Waals surface area contributed by atoms with Crippen LogP contribution in [0.1, 0.15) is 129 Å². The number of aromatic nitrogens is 2. The van der Waals surface area contributed by atoms with Gasteiger partial charge in [-0.2, -0.15) is 0 Å². The topological polar surface area (TPSA) is 7.76 Å². The molecule has 0 aliphatic rings. The molecule has 0 saturated carbocycles. The fourth-order valence-electron chi connectivity index (χ4n) is 4.81. The van der Waals surface area contributed by atoms with E-state index >= 15 is 0 Å². The summed E-state index contributed by atoms with van der Waals surface area (Å²) in [5, 5.41) is 0. The molecule has 0 amide bonds. The van der Waals surface area contributed by atoms with E-state index in [9.17, 15) is 0 Å². The second-order valence-corrected chi connectivity index (χ2v) is 10.3. The van der Waals surface area contributed by atoms with Crippen LogP contribution < -0.4 is 43.1 Å².